The minimum absolute atomic E-state index is 0.570. The molecule has 0 fully saturated rings. The minimum Gasteiger partial charge on any atom is -0.456 e. The third-order valence-electron chi connectivity index (χ3n) is 8.34. The zero-order chi connectivity index (χ0) is 29.7. The van der Waals surface area contributed by atoms with Gasteiger partial charge in [-0.25, -0.2) is 15.0 Å². The number of nitrogens with zero attached hydrogens (tertiary/aromatic N) is 4. The maximum atomic E-state index is 6.46. The Labute approximate surface area is 258 Å². The van der Waals surface area contributed by atoms with Crippen molar-refractivity contribution in [1.29, 1.82) is 0 Å². The van der Waals surface area contributed by atoms with Gasteiger partial charge in [-0.05, 0) is 58.3 Å². The number of pyridine rings is 1. The summed E-state index contributed by atoms with van der Waals surface area (Å²) in [7, 11) is 0. The van der Waals surface area contributed by atoms with E-state index in [-0.39, 0.29) is 0 Å². The van der Waals surface area contributed by atoms with Gasteiger partial charge in [0.1, 0.15) is 11.2 Å². The Kier molecular flexibility index (Phi) is 5.74. The maximum Gasteiger partial charge on any atom is 0.165 e. The molecule has 0 spiro atoms. The molecule has 0 amide bonds. The first kappa shape index (κ1) is 25.3. The largest absolute Gasteiger partial charge is 0.456 e. The van der Waals surface area contributed by atoms with Crippen LogP contribution in [0.4, 0.5) is 0 Å². The number of hydrogen-bond donors (Lipinski definition) is 0. The molecule has 0 bridgehead atoms. The monoisotopic (exact) mass is 576 g/mol. The molecule has 3 heterocycles. The maximum absolute atomic E-state index is 6.46. The molecule has 9 aromatic rings. The van der Waals surface area contributed by atoms with Crippen LogP contribution >= 0.6 is 0 Å². The van der Waals surface area contributed by atoms with E-state index < -0.39 is 0 Å². The Morgan fingerprint density at radius 3 is 2.00 bits per heavy atom. The van der Waals surface area contributed by atoms with Crippen LogP contribution < -0.4 is 0 Å². The standard InChI is InChI=1S/C40H24N4O/c1-2-10-26(11-3-1)38-42-39(31-22-30-13-6-7-15-34(30)41-24-31)44-40(43-38)33-14-8-16-35-37(33)32-20-19-29(23-36(32)45-35)28-18-17-25-9-4-5-12-27(25)21-28/h1-24H. The molecule has 0 unspecified atom stereocenters. The van der Waals surface area contributed by atoms with Crippen LogP contribution in [0.2, 0.25) is 0 Å². The molecule has 0 N–H and O–H groups in total. The van der Waals surface area contributed by atoms with Gasteiger partial charge in [-0.1, -0.05) is 103 Å². The third kappa shape index (κ3) is 4.41. The second kappa shape index (κ2) is 10.2. The molecule has 6 aromatic carbocycles. The topological polar surface area (TPSA) is 64.7 Å². The summed E-state index contributed by atoms with van der Waals surface area (Å²) in [4.78, 5) is 19.6. The lowest BCUT2D eigenvalue weighted by molar-refractivity contribution is 0.669. The summed E-state index contributed by atoms with van der Waals surface area (Å²) in [6, 6.07) is 47.6. The molecule has 45 heavy (non-hydrogen) atoms. The summed E-state index contributed by atoms with van der Waals surface area (Å²) in [6.07, 6.45) is 1.83. The molecule has 0 aliphatic rings. The first-order chi connectivity index (χ1) is 22.3. The molecule has 0 aliphatic carbocycles. The normalized spacial score (nSPS) is 11.6. The lowest BCUT2D eigenvalue weighted by Gasteiger charge is -2.09. The Hall–Kier alpha value is -6.20. The van der Waals surface area contributed by atoms with Crippen LogP contribution in [0.5, 0.6) is 0 Å². The average molecular weight is 577 g/mol. The van der Waals surface area contributed by atoms with Crippen molar-refractivity contribution in [3.05, 3.63) is 146 Å². The summed E-state index contributed by atoms with van der Waals surface area (Å²) < 4.78 is 6.46. The minimum atomic E-state index is 0.570. The van der Waals surface area contributed by atoms with Crippen LogP contribution in [0.15, 0.2) is 150 Å². The van der Waals surface area contributed by atoms with Crippen molar-refractivity contribution in [1.82, 2.24) is 19.9 Å². The van der Waals surface area contributed by atoms with Crippen molar-refractivity contribution >= 4 is 43.6 Å². The van der Waals surface area contributed by atoms with E-state index >= 15 is 0 Å². The van der Waals surface area contributed by atoms with E-state index in [9.17, 15) is 0 Å². The van der Waals surface area contributed by atoms with Gasteiger partial charge in [-0.15, -0.1) is 0 Å². The van der Waals surface area contributed by atoms with E-state index in [2.05, 4.69) is 83.8 Å². The van der Waals surface area contributed by atoms with Crippen molar-refractivity contribution in [2.45, 2.75) is 0 Å². The number of aromatic nitrogens is 4. The second-order valence-electron chi connectivity index (χ2n) is 11.1. The van der Waals surface area contributed by atoms with E-state index in [0.29, 0.717) is 17.5 Å². The summed E-state index contributed by atoms with van der Waals surface area (Å²) in [5, 5.41) is 5.46. The highest BCUT2D eigenvalue weighted by atomic mass is 16.3. The molecule has 3 aromatic heterocycles. The van der Waals surface area contributed by atoms with Gasteiger partial charge in [0.15, 0.2) is 17.5 Å². The zero-order valence-electron chi connectivity index (χ0n) is 24.1. The van der Waals surface area contributed by atoms with Crippen LogP contribution in [0, 0.1) is 0 Å². The molecule has 0 radical (unpaired) electrons. The van der Waals surface area contributed by atoms with Crippen molar-refractivity contribution in [3.8, 4) is 45.3 Å². The highest BCUT2D eigenvalue weighted by Gasteiger charge is 2.18. The smallest absolute Gasteiger partial charge is 0.165 e. The highest BCUT2D eigenvalue weighted by molar-refractivity contribution is 6.12. The van der Waals surface area contributed by atoms with Gasteiger partial charge < -0.3 is 4.42 Å². The second-order valence-corrected chi connectivity index (χ2v) is 11.1. The third-order valence-corrected chi connectivity index (χ3v) is 8.34. The van der Waals surface area contributed by atoms with Gasteiger partial charge in [0.25, 0.3) is 0 Å². The molecular weight excluding hydrogens is 552 g/mol. The van der Waals surface area contributed by atoms with Gasteiger partial charge in [0.05, 0.1) is 5.52 Å². The van der Waals surface area contributed by atoms with E-state index in [1.165, 1.54) is 10.8 Å². The molecule has 210 valence electrons. The van der Waals surface area contributed by atoms with Gasteiger partial charge in [-0.3, -0.25) is 4.98 Å². The van der Waals surface area contributed by atoms with E-state index in [1.807, 2.05) is 66.9 Å². The summed E-state index contributed by atoms with van der Waals surface area (Å²) in [6.45, 7) is 0. The molecule has 5 heteroatoms. The Balaban J connectivity index is 1.23. The predicted octanol–water partition coefficient (Wildman–Crippen LogP) is 10.1. The van der Waals surface area contributed by atoms with Gasteiger partial charge >= 0.3 is 0 Å². The Morgan fingerprint density at radius 2 is 1.11 bits per heavy atom. The molecule has 0 aliphatic heterocycles. The molecular formula is C40H24N4O. The van der Waals surface area contributed by atoms with Crippen molar-refractivity contribution in [2.75, 3.05) is 0 Å². The summed E-state index contributed by atoms with van der Waals surface area (Å²) in [5.41, 5.74) is 7.42. The highest BCUT2D eigenvalue weighted by Crippen LogP contribution is 2.38. The molecule has 9 rings (SSSR count). The average Bonchev–Trinajstić information content (AvgIpc) is 3.49. The number of furan rings is 1. The fraction of sp³-hybridized carbons (Fsp3) is 0. The van der Waals surface area contributed by atoms with Crippen LogP contribution in [0.3, 0.4) is 0 Å². The fourth-order valence-corrected chi connectivity index (χ4v) is 6.10. The molecule has 0 saturated heterocycles. The van der Waals surface area contributed by atoms with Crippen molar-refractivity contribution < 1.29 is 4.42 Å². The quantitative estimate of drug-likeness (QED) is 0.209. The number of para-hydroxylation sites is 1. The number of fused-ring (bicyclic) bond motifs is 5. The zero-order valence-corrected chi connectivity index (χ0v) is 24.1. The number of rotatable bonds is 4. The first-order valence-electron chi connectivity index (χ1n) is 14.9. The molecule has 0 atom stereocenters. The van der Waals surface area contributed by atoms with Crippen LogP contribution in [0.1, 0.15) is 0 Å². The van der Waals surface area contributed by atoms with E-state index in [1.54, 1.807) is 0 Å². The number of hydrogen-bond acceptors (Lipinski definition) is 5. The lowest BCUT2D eigenvalue weighted by Crippen LogP contribution is -2.00. The Bertz CT molecular complexity index is 2550. The molecule has 5 nitrogen and oxygen atoms in total. The van der Waals surface area contributed by atoms with E-state index in [4.69, 9.17) is 19.4 Å². The van der Waals surface area contributed by atoms with E-state index in [0.717, 1.165) is 60.7 Å². The van der Waals surface area contributed by atoms with Crippen molar-refractivity contribution in [2.24, 2.45) is 0 Å². The number of benzene rings is 6. The summed E-state index contributed by atoms with van der Waals surface area (Å²) in [5.74, 6) is 1.76. The first-order valence-corrected chi connectivity index (χ1v) is 14.9. The van der Waals surface area contributed by atoms with Gasteiger partial charge in [-0.2, -0.15) is 0 Å². The van der Waals surface area contributed by atoms with Crippen LogP contribution in [-0.4, -0.2) is 19.9 Å². The fourth-order valence-electron chi connectivity index (χ4n) is 6.10. The van der Waals surface area contributed by atoms with Gasteiger partial charge in [0.2, 0.25) is 0 Å². The van der Waals surface area contributed by atoms with Crippen molar-refractivity contribution in [3.63, 3.8) is 0 Å². The summed E-state index contributed by atoms with van der Waals surface area (Å²) >= 11 is 0. The molecule has 0 saturated carbocycles. The lowest BCUT2D eigenvalue weighted by atomic mass is 9.99. The van der Waals surface area contributed by atoms with Crippen LogP contribution in [-0.2, 0) is 0 Å². The van der Waals surface area contributed by atoms with Crippen LogP contribution in [0.25, 0.3) is 88.9 Å². The SMILES string of the molecule is c1ccc(-c2nc(-c3cnc4ccccc4c3)nc(-c3cccc4oc5cc(-c6ccc7ccccc7c6)ccc5c34)n2)cc1. The van der Waals surface area contributed by atoms with Gasteiger partial charge in [0, 0.05) is 39.0 Å². The predicted molar refractivity (Wildman–Crippen MR) is 182 cm³/mol. The Morgan fingerprint density at radius 1 is 0.422 bits per heavy atom.